The van der Waals surface area contributed by atoms with Crippen molar-refractivity contribution < 1.29 is 13.2 Å². The number of aryl methyl sites for hydroxylation is 3. The van der Waals surface area contributed by atoms with Gasteiger partial charge in [0, 0.05) is 11.3 Å². The molecule has 3 N–H and O–H groups in total. The van der Waals surface area contributed by atoms with Gasteiger partial charge >= 0.3 is 0 Å². The molecule has 124 valence electrons. The van der Waals surface area contributed by atoms with Crippen LogP contribution in [0.5, 0.6) is 0 Å². The SMILES string of the molecule is Cc1ccc(CCC(=O)NCc2ccc(S(N)(=O)=O)s2)c(C)c1. The van der Waals surface area contributed by atoms with E-state index in [0.29, 0.717) is 19.4 Å². The average molecular weight is 352 g/mol. The Morgan fingerprint density at radius 3 is 2.57 bits per heavy atom. The Balaban J connectivity index is 1.84. The molecule has 23 heavy (non-hydrogen) atoms. The number of sulfonamides is 1. The Hall–Kier alpha value is -1.70. The lowest BCUT2D eigenvalue weighted by molar-refractivity contribution is -0.121. The second kappa shape index (κ2) is 7.25. The molecule has 0 aliphatic heterocycles. The monoisotopic (exact) mass is 352 g/mol. The summed E-state index contributed by atoms with van der Waals surface area (Å²) in [5.74, 6) is -0.0597. The number of rotatable bonds is 6. The van der Waals surface area contributed by atoms with Gasteiger partial charge in [-0.05, 0) is 43.5 Å². The number of nitrogens with one attached hydrogen (secondary N) is 1. The predicted octanol–water partition coefficient (Wildman–Crippen LogP) is 2.26. The predicted molar refractivity (Wildman–Crippen MR) is 91.8 cm³/mol. The smallest absolute Gasteiger partial charge is 0.247 e. The third kappa shape index (κ3) is 5.16. The molecule has 1 amide bonds. The molecule has 5 nitrogen and oxygen atoms in total. The van der Waals surface area contributed by atoms with Crippen LogP contribution < -0.4 is 10.5 Å². The minimum absolute atomic E-state index is 0.0597. The quantitative estimate of drug-likeness (QED) is 0.836. The fourth-order valence-corrected chi connectivity index (χ4v) is 3.97. The van der Waals surface area contributed by atoms with E-state index in [1.54, 1.807) is 6.07 Å². The molecule has 0 bridgehead atoms. The van der Waals surface area contributed by atoms with Gasteiger partial charge in [-0.15, -0.1) is 11.3 Å². The first kappa shape index (κ1) is 17.7. The summed E-state index contributed by atoms with van der Waals surface area (Å²) in [6.45, 7) is 4.40. The van der Waals surface area contributed by atoms with E-state index in [9.17, 15) is 13.2 Å². The second-order valence-electron chi connectivity index (χ2n) is 5.47. The molecule has 0 saturated carbocycles. The number of hydrogen-bond acceptors (Lipinski definition) is 4. The summed E-state index contributed by atoms with van der Waals surface area (Å²) < 4.78 is 22.5. The average Bonchev–Trinajstić information content (AvgIpc) is 2.93. The summed E-state index contributed by atoms with van der Waals surface area (Å²) in [5.41, 5.74) is 3.56. The zero-order chi connectivity index (χ0) is 17.0. The highest BCUT2D eigenvalue weighted by Crippen LogP contribution is 2.20. The number of amides is 1. The Morgan fingerprint density at radius 2 is 1.96 bits per heavy atom. The lowest BCUT2D eigenvalue weighted by Crippen LogP contribution is -2.22. The number of thiophene rings is 1. The lowest BCUT2D eigenvalue weighted by Gasteiger charge is -2.07. The maximum absolute atomic E-state index is 11.9. The number of carbonyl (C=O) groups excluding carboxylic acids is 1. The largest absolute Gasteiger partial charge is 0.351 e. The van der Waals surface area contributed by atoms with Gasteiger partial charge in [-0.1, -0.05) is 23.8 Å². The fourth-order valence-electron chi connectivity index (χ4n) is 2.25. The van der Waals surface area contributed by atoms with Crippen molar-refractivity contribution in [1.29, 1.82) is 0 Å². The molecular weight excluding hydrogens is 332 g/mol. The summed E-state index contributed by atoms with van der Waals surface area (Å²) >= 11 is 1.07. The van der Waals surface area contributed by atoms with Crippen LogP contribution in [0.15, 0.2) is 34.5 Å². The maximum atomic E-state index is 11.9. The summed E-state index contributed by atoms with van der Waals surface area (Å²) in [6.07, 6.45) is 1.09. The number of nitrogens with two attached hydrogens (primary N) is 1. The van der Waals surface area contributed by atoms with Crippen molar-refractivity contribution in [3.63, 3.8) is 0 Å². The van der Waals surface area contributed by atoms with Crippen molar-refractivity contribution in [2.75, 3.05) is 0 Å². The van der Waals surface area contributed by atoms with E-state index in [4.69, 9.17) is 5.14 Å². The van der Waals surface area contributed by atoms with Gasteiger partial charge in [-0.3, -0.25) is 4.79 Å². The zero-order valence-electron chi connectivity index (χ0n) is 13.1. The molecular formula is C16H20N2O3S2. The first-order valence-electron chi connectivity index (χ1n) is 7.20. The molecule has 0 atom stereocenters. The number of primary sulfonamides is 1. The van der Waals surface area contributed by atoms with Crippen molar-refractivity contribution in [1.82, 2.24) is 5.32 Å². The minimum Gasteiger partial charge on any atom is -0.351 e. The van der Waals surface area contributed by atoms with Gasteiger partial charge < -0.3 is 5.32 Å². The van der Waals surface area contributed by atoms with Crippen LogP contribution in [0.1, 0.15) is 28.0 Å². The van der Waals surface area contributed by atoms with Crippen LogP contribution >= 0.6 is 11.3 Å². The van der Waals surface area contributed by atoms with Crippen LogP contribution in [0.4, 0.5) is 0 Å². The zero-order valence-corrected chi connectivity index (χ0v) is 14.8. The highest BCUT2D eigenvalue weighted by Gasteiger charge is 2.11. The van der Waals surface area contributed by atoms with Gasteiger partial charge in [0.1, 0.15) is 4.21 Å². The van der Waals surface area contributed by atoms with Crippen molar-refractivity contribution >= 4 is 27.3 Å². The van der Waals surface area contributed by atoms with Crippen LogP contribution in [0.25, 0.3) is 0 Å². The van der Waals surface area contributed by atoms with Crippen LogP contribution in [-0.4, -0.2) is 14.3 Å². The van der Waals surface area contributed by atoms with E-state index in [2.05, 4.69) is 17.4 Å². The van der Waals surface area contributed by atoms with Crippen molar-refractivity contribution in [3.05, 3.63) is 51.9 Å². The van der Waals surface area contributed by atoms with E-state index in [0.717, 1.165) is 16.2 Å². The molecule has 0 unspecified atom stereocenters. The molecule has 1 aromatic heterocycles. The molecule has 0 fully saturated rings. The van der Waals surface area contributed by atoms with Crippen molar-refractivity contribution in [3.8, 4) is 0 Å². The standard InChI is InChI=1S/C16H20N2O3S2/c1-11-3-4-13(12(2)9-11)5-7-15(19)18-10-14-6-8-16(22-14)23(17,20)21/h3-4,6,8-9H,5,7,10H2,1-2H3,(H,18,19)(H2,17,20,21). The third-order valence-electron chi connectivity index (χ3n) is 3.50. The molecule has 0 saturated heterocycles. The summed E-state index contributed by atoms with van der Waals surface area (Å²) in [4.78, 5) is 12.7. The molecule has 0 spiro atoms. The topological polar surface area (TPSA) is 89.3 Å². The summed E-state index contributed by atoms with van der Waals surface area (Å²) in [5, 5.41) is 7.86. The van der Waals surface area contributed by atoms with Crippen LogP contribution in [0.2, 0.25) is 0 Å². The van der Waals surface area contributed by atoms with Gasteiger partial charge in [0.05, 0.1) is 6.54 Å². The Kier molecular flexibility index (Phi) is 5.56. The van der Waals surface area contributed by atoms with Gasteiger partial charge in [0.25, 0.3) is 0 Å². The number of hydrogen-bond donors (Lipinski definition) is 2. The molecule has 1 heterocycles. The first-order valence-corrected chi connectivity index (χ1v) is 9.56. The number of carbonyl (C=O) groups is 1. The molecule has 0 aliphatic rings. The first-order chi connectivity index (χ1) is 10.8. The van der Waals surface area contributed by atoms with Gasteiger partial charge in [-0.2, -0.15) is 0 Å². The fraction of sp³-hybridized carbons (Fsp3) is 0.312. The second-order valence-corrected chi connectivity index (χ2v) is 8.43. The van der Waals surface area contributed by atoms with Gasteiger partial charge in [0.15, 0.2) is 0 Å². The van der Waals surface area contributed by atoms with E-state index >= 15 is 0 Å². The van der Waals surface area contributed by atoms with Crippen molar-refractivity contribution in [2.24, 2.45) is 5.14 Å². The highest BCUT2D eigenvalue weighted by molar-refractivity contribution is 7.91. The molecule has 1 aromatic carbocycles. The van der Waals surface area contributed by atoms with Crippen molar-refractivity contribution in [2.45, 2.75) is 37.4 Å². The maximum Gasteiger partial charge on any atom is 0.247 e. The van der Waals surface area contributed by atoms with E-state index in [1.165, 1.54) is 22.8 Å². The minimum atomic E-state index is -3.67. The Bertz CT molecular complexity index is 810. The van der Waals surface area contributed by atoms with Gasteiger partial charge in [0.2, 0.25) is 15.9 Å². The van der Waals surface area contributed by atoms with E-state index in [-0.39, 0.29) is 10.1 Å². The summed E-state index contributed by atoms with van der Waals surface area (Å²) in [6, 6.07) is 9.32. The number of benzene rings is 1. The molecule has 0 radical (unpaired) electrons. The van der Waals surface area contributed by atoms with Gasteiger partial charge in [-0.25, -0.2) is 13.6 Å². The lowest BCUT2D eigenvalue weighted by atomic mass is 10.0. The highest BCUT2D eigenvalue weighted by atomic mass is 32.2. The molecule has 0 aliphatic carbocycles. The molecule has 7 heteroatoms. The summed E-state index contributed by atoms with van der Waals surface area (Å²) in [7, 11) is -3.67. The van der Waals surface area contributed by atoms with E-state index < -0.39 is 10.0 Å². The molecule has 2 aromatic rings. The van der Waals surface area contributed by atoms with E-state index in [1.807, 2.05) is 19.9 Å². The third-order valence-corrected chi connectivity index (χ3v) is 6.02. The normalized spacial score (nSPS) is 11.4. The Labute approximate surface area is 140 Å². The van der Waals surface area contributed by atoms with Crippen LogP contribution in [0.3, 0.4) is 0 Å². The van der Waals surface area contributed by atoms with Crippen LogP contribution in [-0.2, 0) is 27.8 Å². The molecule has 2 rings (SSSR count). The Morgan fingerprint density at radius 1 is 1.22 bits per heavy atom. The van der Waals surface area contributed by atoms with Crippen LogP contribution in [0, 0.1) is 13.8 Å².